The molecule has 4 nitrogen and oxygen atoms in total. The summed E-state index contributed by atoms with van der Waals surface area (Å²) >= 11 is 0. The van der Waals surface area contributed by atoms with E-state index in [1.165, 1.54) is 5.56 Å². The van der Waals surface area contributed by atoms with Crippen LogP contribution in [0.2, 0.25) is 0 Å². The summed E-state index contributed by atoms with van der Waals surface area (Å²) in [7, 11) is -3.64. The molecule has 0 bridgehead atoms. The Bertz CT molecular complexity index is 1120. The quantitative estimate of drug-likeness (QED) is 0.621. The van der Waals surface area contributed by atoms with Crippen LogP contribution in [-0.4, -0.2) is 8.42 Å². The van der Waals surface area contributed by atoms with Crippen LogP contribution in [0, 0.1) is 5.92 Å². The number of hydrogen-bond acceptors (Lipinski definition) is 3. The predicted octanol–water partition coefficient (Wildman–Crippen LogP) is 5.66. The van der Waals surface area contributed by atoms with Gasteiger partial charge < -0.3 is 4.42 Å². The van der Waals surface area contributed by atoms with Gasteiger partial charge >= 0.3 is 0 Å². The molecule has 0 amide bonds. The molecule has 1 heterocycles. The minimum atomic E-state index is -3.64. The Balaban J connectivity index is 1.63. The second-order valence-electron chi connectivity index (χ2n) is 8.94. The van der Waals surface area contributed by atoms with Crippen molar-refractivity contribution in [3.63, 3.8) is 0 Å². The van der Waals surface area contributed by atoms with E-state index in [1.54, 1.807) is 18.2 Å². The third-order valence-corrected chi connectivity index (χ3v) is 6.98. The van der Waals surface area contributed by atoms with Crippen molar-refractivity contribution < 1.29 is 12.8 Å². The average Bonchev–Trinajstić information content (AvgIpc) is 2.97. The molecule has 0 aliphatic heterocycles. The molecule has 1 aromatic heterocycles. The van der Waals surface area contributed by atoms with Gasteiger partial charge in [0.05, 0.1) is 4.90 Å². The first-order valence-corrected chi connectivity index (χ1v) is 11.3. The van der Waals surface area contributed by atoms with E-state index in [0.717, 1.165) is 41.6 Å². The van der Waals surface area contributed by atoms with Gasteiger partial charge in [0, 0.05) is 23.1 Å². The molecule has 0 radical (unpaired) electrons. The van der Waals surface area contributed by atoms with E-state index < -0.39 is 10.0 Å². The zero-order chi connectivity index (χ0) is 20.1. The van der Waals surface area contributed by atoms with Crippen LogP contribution in [-0.2, 0) is 28.3 Å². The summed E-state index contributed by atoms with van der Waals surface area (Å²) in [5.41, 5.74) is 3.71. The fourth-order valence-corrected chi connectivity index (χ4v) is 4.91. The zero-order valence-electron chi connectivity index (χ0n) is 16.9. The second kappa shape index (κ2) is 6.66. The Morgan fingerprint density at radius 3 is 2.46 bits per heavy atom. The lowest BCUT2D eigenvalue weighted by atomic mass is 9.87. The number of hydrogen-bond donors (Lipinski definition) is 1. The van der Waals surface area contributed by atoms with Crippen molar-refractivity contribution in [2.45, 2.75) is 57.3 Å². The second-order valence-corrected chi connectivity index (χ2v) is 10.6. The molecule has 0 saturated carbocycles. The molecular formula is C23H27NO3S. The summed E-state index contributed by atoms with van der Waals surface area (Å²) in [5.74, 6) is 1.67. The standard InChI is InChI=1S/C23H27NO3S/c1-15-5-11-19-20-14-17(8-12-21(20)27-22(19)13-15)24-28(25,26)18-9-6-16(7-10-18)23(2,3)4/h6-10,12,14-15,24H,5,11,13H2,1-4H3/t15-/m1/s1. The molecule has 5 heteroatoms. The van der Waals surface area contributed by atoms with Crippen LogP contribution < -0.4 is 4.72 Å². The van der Waals surface area contributed by atoms with E-state index >= 15 is 0 Å². The summed E-state index contributed by atoms with van der Waals surface area (Å²) in [6.07, 6.45) is 3.07. The van der Waals surface area contributed by atoms with Crippen LogP contribution in [0.25, 0.3) is 11.0 Å². The van der Waals surface area contributed by atoms with Crippen LogP contribution in [0.3, 0.4) is 0 Å². The molecule has 0 saturated heterocycles. The third-order valence-electron chi connectivity index (χ3n) is 5.58. The Morgan fingerprint density at radius 2 is 1.79 bits per heavy atom. The molecule has 3 aromatic rings. The molecule has 1 atom stereocenters. The molecule has 0 spiro atoms. The first kappa shape index (κ1) is 19.1. The SMILES string of the molecule is C[C@@H]1CCc2c(oc3ccc(NS(=O)(=O)c4ccc(C(C)(C)C)cc4)cc23)C1. The number of fused-ring (bicyclic) bond motifs is 3. The molecule has 148 valence electrons. The van der Waals surface area contributed by atoms with Crippen LogP contribution in [0.4, 0.5) is 5.69 Å². The number of furan rings is 1. The third kappa shape index (κ3) is 3.55. The van der Waals surface area contributed by atoms with Crippen molar-refractivity contribution >= 4 is 26.7 Å². The number of anilines is 1. The van der Waals surface area contributed by atoms with Gasteiger partial charge in [-0.2, -0.15) is 0 Å². The number of sulfonamides is 1. The van der Waals surface area contributed by atoms with Gasteiger partial charge in [0.15, 0.2) is 0 Å². The van der Waals surface area contributed by atoms with Gasteiger partial charge in [-0.1, -0.05) is 39.8 Å². The average molecular weight is 398 g/mol. The maximum absolute atomic E-state index is 12.8. The smallest absolute Gasteiger partial charge is 0.261 e. The van der Waals surface area contributed by atoms with Crippen molar-refractivity contribution in [2.75, 3.05) is 4.72 Å². The van der Waals surface area contributed by atoms with Gasteiger partial charge in [-0.15, -0.1) is 0 Å². The van der Waals surface area contributed by atoms with Gasteiger partial charge in [-0.25, -0.2) is 8.42 Å². The maximum atomic E-state index is 12.8. The molecule has 0 unspecified atom stereocenters. The highest BCUT2D eigenvalue weighted by molar-refractivity contribution is 7.92. The van der Waals surface area contributed by atoms with Crippen LogP contribution in [0.15, 0.2) is 51.8 Å². The van der Waals surface area contributed by atoms with Crippen molar-refractivity contribution in [2.24, 2.45) is 5.92 Å². The molecule has 28 heavy (non-hydrogen) atoms. The Morgan fingerprint density at radius 1 is 1.07 bits per heavy atom. The molecule has 1 aliphatic rings. The van der Waals surface area contributed by atoms with Gasteiger partial charge in [-0.3, -0.25) is 4.72 Å². The first-order chi connectivity index (χ1) is 13.1. The van der Waals surface area contributed by atoms with E-state index in [9.17, 15) is 8.42 Å². The molecule has 1 N–H and O–H groups in total. The highest BCUT2D eigenvalue weighted by Gasteiger charge is 2.23. The Kier molecular flexibility index (Phi) is 4.53. The predicted molar refractivity (Wildman–Crippen MR) is 113 cm³/mol. The van der Waals surface area contributed by atoms with Crippen molar-refractivity contribution in [3.8, 4) is 0 Å². The topological polar surface area (TPSA) is 59.3 Å². The normalized spacial score (nSPS) is 17.5. The maximum Gasteiger partial charge on any atom is 0.261 e. The van der Waals surface area contributed by atoms with Crippen LogP contribution >= 0.6 is 0 Å². The lowest BCUT2D eigenvalue weighted by Crippen LogP contribution is -2.15. The summed E-state index contributed by atoms with van der Waals surface area (Å²) in [6.45, 7) is 8.56. The van der Waals surface area contributed by atoms with Crippen molar-refractivity contribution in [1.29, 1.82) is 0 Å². The molecule has 1 aliphatic carbocycles. The zero-order valence-corrected chi connectivity index (χ0v) is 17.7. The number of benzene rings is 2. The van der Waals surface area contributed by atoms with Gasteiger partial charge in [0.1, 0.15) is 11.3 Å². The van der Waals surface area contributed by atoms with Gasteiger partial charge in [-0.05, 0) is 60.1 Å². The van der Waals surface area contributed by atoms with Crippen LogP contribution in [0.5, 0.6) is 0 Å². The summed E-state index contributed by atoms with van der Waals surface area (Å²) in [6, 6.07) is 12.6. The summed E-state index contributed by atoms with van der Waals surface area (Å²) < 4.78 is 34.4. The van der Waals surface area contributed by atoms with Crippen molar-refractivity contribution in [1.82, 2.24) is 0 Å². The van der Waals surface area contributed by atoms with Crippen molar-refractivity contribution in [3.05, 3.63) is 59.4 Å². The summed E-state index contributed by atoms with van der Waals surface area (Å²) in [5, 5.41) is 1.02. The van der Waals surface area contributed by atoms with E-state index in [-0.39, 0.29) is 10.3 Å². The molecular weight excluding hydrogens is 370 g/mol. The van der Waals surface area contributed by atoms with E-state index in [4.69, 9.17) is 4.42 Å². The highest BCUT2D eigenvalue weighted by atomic mass is 32.2. The largest absolute Gasteiger partial charge is 0.461 e. The number of aryl methyl sites for hydroxylation is 1. The van der Waals surface area contributed by atoms with E-state index in [0.29, 0.717) is 11.6 Å². The Labute approximate surface area is 167 Å². The van der Waals surface area contributed by atoms with Gasteiger partial charge in [0.2, 0.25) is 0 Å². The number of rotatable bonds is 3. The highest BCUT2D eigenvalue weighted by Crippen LogP contribution is 2.35. The van der Waals surface area contributed by atoms with E-state index in [1.807, 2.05) is 24.3 Å². The fourth-order valence-electron chi connectivity index (χ4n) is 3.86. The lowest BCUT2D eigenvalue weighted by molar-refractivity contribution is 0.426. The minimum Gasteiger partial charge on any atom is -0.461 e. The minimum absolute atomic E-state index is 0.0152. The monoisotopic (exact) mass is 397 g/mol. The molecule has 0 fully saturated rings. The first-order valence-electron chi connectivity index (χ1n) is 9.81. The lowest BCUT2D eigenvalue weighted by Gasteiger charge is -2.19. The van der Waals surface area contributed by atoms with E-state index in [2.05, 4.69) is 32.4 Å². The van der Waals surface area contributed by atoms with Gasteiger partial charge in [0.25, 0.3) is 10.0 Å². The number of nitrogens with one attached hydrogen (secondary N) is 1. The summed E-state index contributed by atoms with van der Waals surface area (Å²) in [4.78, 5) is 0.267. The van der Waals surface area contributed by atoms with Crippen LogP contribution in [0.1, 0.15) is 51.0 Å². The Hall–Kier alpha value is -2.27. The molecule has 2 aromatic carbocycles. The fraction of sp³-hybridized carbons (Fsp3) is 0.391. The molecule has 4 rings (SSSR count).